The Labute approximate surface area is 95.5 Å². The molecule has 2 fully saturated rings. The average molecular weight is 229 g/mol. The first-order valence-electron chi connectivity index (χ1n) is 5.63. The summed E-state index contributed by atoms with van der Waals surface area (Å²) in [5.41, 5.74) is 0. The van der Waals surface area contributed by atoms with E-state index in [1.807, 2.05) is 16.7 Å². The third-order valence-corrected chi connectivity index (χ3v) is 4.86. The Bertz CT molecular complexity index is 251. The van der Waals surface area contributed by atoms with E-state index < -0.39 is 0 Å². The summed E-state index contributed by atoms with van der Waals surface area (Å²) in [6.07, 6.45) is 3.17. The minimum absolute atomic E-state index is 0.324. The summed E-state index contributed by atoms with van der Waals surface area (Å²) in [5.74, 6) is 1.41. The number of hydrogen-bond donors (Lipinski definition) is 0. The van der Waals surface area contributed by atoms with Crippen molar-refractivity contribution in [3.63, 3.8) is 0 Å². The van der Waals surface area contributed by atoms with Crippen LogP contribution in [0.25, 0.3) is 0 Å². The molecular formula is C11H19NO2S. The van der Waals surface area contributed by atoms with Crippen LogP contribution >= 0.6 is 11.8 Å². The largest absolute Gasteiger partial charge is 0.381 e. The normalized spacial score (nSPS) is 28.1. The summed E-state index contributed by atoms with van der Waals surface area (Å²) in [5, 5.41) is 0. The summed E-state index contributed by atoms with van der Waals surface area (Å²) in [4.78, 5) is 13.6. The van der Waals surface area contributed by atoms with Crippen LogP contribution in [0.3, 0.4) is 0 Å². The van der Waals surface area contributed by atoms with Crippen LogP contribution in [-0.4, -0.2) is 47.6 Å². The first-order chi connectivity index (χ1) is 7.19. The number of methoxy groups -OCH3 is 1. The molecule has 4 heteroatoms. The van der Waals surface area contributed by atoms with Gasteiger partial charge in [0.15, 0.2) is 0 Å². The number of thioether (sulfide) groups is 1. The molecule has 0 aromatic heterocycles. The predicted octanol–water partition coefficient (Wildman–Crippen LogP) is 1.52. The fourth-order valence-corrected chi connectivity index (χ4v) is 3.96. The topological polar surface area (TPSA) is 29.5 Å². The Kier molecular flexibility index (Phi) is 3.26. The Morgan fingerprint density at radius 1 is 1.60 bits per heavy atom. The van der Waals surface area contributed by atoms with Crippen LogP contribution in [0.1, 0.15) is 26.2 Å². The highest BCUT2D eigenvalue weighted by Gasteiger charge is 2.50. The highest BCUT2D eigenvalue weighted by atomic mass is 32.2. The van der Waals surface area contributed by atoms with Gasteiger partial charge in [0, 0.05) is 32.4 Å². The monoisotopic (exact) mass is 229 g/mol. The lowest BCUT2D eigenvalue weighted by Crippen LogP contribution is -2.60. The number of nitrogens with zero attached hydrogens (tertiary/aromatic N) is 1. The van der Waals surface area contributed by atoms with Crippen molar-refractivity contribution in [2.24, 2.45) is 0 Å². The molecule has 1 unspecified atom stereocenters. The average Bonchev–Trinajstić information content (AvgIpc) is 2.59. The van der Waals surface area contributed by atoms with Crippen LogP contribution in [0.2, 0.25) is 0 Å². The molecule has 0 N–H and O–H groups in total. The van der Waals surface area contributed by atoms with Crippen LogP contribution in [0.4, 0.5) is 0 Å². The van der Waals surface area contributed by atoms with Crippen molar-refractivity contribution in [1.82, 2.24) is 4.90 Å². The highest BCUT2D eigenvalue weighted by Crippen LogP contribution is 2.45. The summed E-state index contributed by atoms with van der Waals surface area (Å²) < 4.78 is 5.70. The molecule has 3 nitrogen and oxygen atoms in total. The highest BCUT2D eigenvalue weighted by molar-refractivity contribution is 8.01. The van der Waals surface area contributed by atoms with E-state index in [0.29, 0.717) is 23.2 Å². The van der Waals surface area contributed by atoms with Gasteiger partial charge in [0.1, 0.15) is 0 Å². The minimum atomic E-state index is 0.324. The second-order valence-corrected chi connectivity index (χ2v) is 6.04. The van der Waals surface area contributed by atoms with Gasteiger partial charge in [-0.3, -0.25) is 4.79 Å². The van der Waals surface area contributed by atoms with E-state index in [1.54, 1.807) is 7.11 Å². The van der Waals surface area contributed by atoms with Crippen LogP contribution < -0.4 is 0 Å². The van der Waals surface area contributed by atoms with Crippen LogP contribution in [0, 0.1) is 0 Å². The molecule has 0 bridgehead atoms. The lowest BCUT2D eigenvalue weighted by Gasteiger charge is -2.47. The maximum atomic E-state index is 11.6. The van der Waals surface area contributed by atoms with Crippen molar-refractivity contribution < 1.29 is 9.53 Å². The van der Waals surface area contributed by atoms with Crippen molar-refractivity contribution >= 4 is 17.7 Å². The lowest BCUT2D eigenvalue weighted by molar-refractivity contribution is -0.136. The van der Waals surface area contributed by atoms with Gasteiger partial charge >= 0.3 is 0 Å². The maximum Gasteiger partial charge on any atom is 0.222 e. The molecule has 0 saturated carbocycles. The zero-order valence-electron chi connectivity index (χ0n) is 9.49. The molecule has 2 aliphatic rings. The van der Waals surface area contributed by atoms with Crippen molar-refractivity contribution in [3.8, 4) is 0 Å². The summed E-state index contributed by atoms with van der Waals surface area (Å²) in [6.45, 7) is 3.94. The molecule has 2 heterocycles. The number of carbonyl (C=O) groups excluding carboxylic acids is 1. The molecule has 1 atom stereocenters. The molecule has 0 aliphatic carbocycles. The Morgan fingerprint density at radius 3 is 2.87 bits per heavy atom. The fourth-order valence-electron chi connectivity index (χ4n) is 2.37. The van der Waals surface area contributed by atoms with Crippen molar-refractivity contribution in [1.29, 1.82) is 0 Å². The van der Waals surface area contributed by atoms with E-state index in [4.69, 9.17) is 4.74 Å². The zero-order chi connectivity index (χ0) is 10.9. The Balaban J connectivity index is 1.80. The smallest absolute Gasteiger partial charge is 0.222 e. The van der Waals surface area contributed by atoms with Crippen LogP contribution in [-0.2, 0) is 9.53 Å². The standard InChI is InChI=1S/C11H19NO2S/c1-3-4-10(13)12-7-11(8-12)5-9(14-2)6-15-11/h9H,3-8H2,1-2H3. The van der Waals surface area contributed by atoms with E-state index >= 15 is 0 Å². The van der Waals surface area contributed by atoms with Crippen molar-refractivity contribution in [2.45, 2.75) is 37.0 Å². The van der Waals surface area contributed by atoms with Gasteiger partial charge in [-0.15, -0.1) is 11.8 Å². The quantitative estimate of drug-likeness (QED) is 0.735. The molecule has 2 aliphatic heterocycles. The Morgan fingerprint density at radius 2 is 2.33 bits per heavy atom. The number of carbonyl (C=O) groups is 1. The molecule has 2 rings (SSSR count). The first-order valence-corrected chi connectivity index (χ1v) is 6.62. The van der Waals surface area contributed by atoms with Gasteiger partial charge < -0.3 is 9.64 Å². The number of likely N-dealkylation sites (tertiary alicyclic amines) is 1. The van der Waals surface area contributed by atoms with Gasteiger partial charge in [-0.1, -0.05) is 6.92 Å². The molecule has 1 spiro atoms. The molecule has 86 valence electrons. The summed E-state index contributed by atoms with van der Waals surface area (Å²) in [6, 6.07) is 0. The van der Waals surface area contributed by atoms with E-state index in [0.717, 1.165) is 31.7 Å². The fraction of sp³-hybridized carbons (Fsp3) is 0.909. The number of amides is 1. The van der Waals surface area contributed by atoms with Crippen LogP contribution in [0.5, 0.6) is 0 Å². The SMILES string of the molecule is CCCC(=O)N1CC2(CC(OC)CS2)C1. The van der Waals surface area contributed by atoms with E-state index in [1.165, 1.54) is 0 Å². The second-order valence-electron chi connectivity index (χ2n) is 4.56. The van der Waals surface area contributed by atoms with E-state index in [2.05, 4.69) is 6.92 Å². The third kappa shape index (κ3) is 2.16. The number of hydrogen-bond acceptors (Lipinski definition) is 3. The van der Waals surface area contributed by atoms with Gasteiger partial charge in [0.2, 0.25) is 5.91 Å². The van der Waals surface area contributed by atoms with E-state index in [-0.39, 0.29) is 0 Å². The van der Waals surface area contributed by atoms with Gasteiger partial charge in [0.25, 0.3) is 0 Å². The molecule has 2 saturated heterocycles. The molecule has 15 heavy (non-hydrogen) atoms. The van der Waals surface area contributed by atoms with Gasteiger partial charge in [0.05, 0.1) is 10.9 Å². The summed E-state index contributed by atoms with van der Waals surface area (Å²) in [7, 11) is 1.78. The van der Waals surface area contributed by atoms with Crippen LogP contribution in [0.15, 0.2) is 0 Å². The molecule has 0 aromatic carbocycles. The van der Waals surface area contributed by atoms with Crippen molar-refractivity contribution in [3.05, 3.63) is 0 Å². The predicted molar refractivity (Wildman–Crippen MR) is 62.1 cm³/mol. The van der Waals surface area contributed by atoms with Gasteiger partial charge in [-0.05, 0) is 12.8 Å². The molecule has 0 aromatic rings. The second kappa shape index (κ2) is 4.34. The van der Waals surface area contributed by atoms with E-state index in [9.17, 15) is 4.79 Å². The number of rotatable bonds is 3. The summed E-state index contributed by atoms with van der Waals surface area (Å²) >= 11 is 1.98. The Hall–Kier alpha value is -0.220. The zero-order valence-corrected chi connectivity index (χ0v) is 10.3. The maximum absolute atomic E-state index is 11.6. The molecule has 1 amide bonds. The third-order valence-electron chi connectivity index (χ3n) is 3.28. The van der Waals surface area contributed by atoms with Gasteiger partial charge in [-0.2, -0.15) is 0 Å². The van der Waals surface area contributed by atoms with Gasteiger partial charge in [-0.25, -0.2) is 0 Å². The molecule has 0 radical (unpaired) electrons. The minimum Gasteiger partial charge on any atom is -0.381 e. The van der Waals surface area contributed by atoms with Crippen molar-refractivity contribution in [2.75, 3.05) is 26.0 Å². The molecular weight excluding hydrogens is 210 g/mol. The first kappa shape index (κ1) is 11.3. The lowest BCUT2D eigenvalue weighted by atomic mass is 9.92. The number of ether oxygens (including phenoxy) is 1.